The predicted molar refractivity (Wildman–Crippen MR) is 62.7 cm³/mol. The number of rotatable bonds is 3. The van der Waals surface area contributed by atoms with Gasteiger partial charge in [0.05, 0.1) is 0 Å². The highest BCUT2D eigenvalue weighted by molar-refractivity contribution is 5.34. The molecule has 0 amide bonds. The van der Waals surface area contributed by atoms with E-state index in [2.05, 4.69) is 10.3 Å². The second kappa shape index (κ2) is 5.12. The standard InChI is InChI=1S/C12H19N3/c13-9-10-5-1-2-6-11(10)15-12-7-3-4-8-14-12/h3-4,7-8,10-11H,1-2,5-6,9,13H2,(H,14,15). The number of nitrogens with two attached hydrogens (primary N) is 1. The first kappa shape index (κ1) is 10.4. The Kier molecular flexibility index (Phi) is 3.56. The average Bonchev–Trinajstić information content (AvgIpc) is 2.31. The highest BCUT2D eigenvalue weighted by Crippen LogP contribution is 2.25. The normalized spacial score (nSPS) is 26.2. The maximum Gasteiger partial charge on any atom is 0.126 e. The zero-order chi connectivity index (χ0) is 10.5. The van der Waals surface area contributed by atoms with Gasteiger partial charge in [0.25, 0.3) is 0 Å². The number of hydrogen-bond acceptors (Lipinski definition) is 3. The van der Waals surface area contributed by atoms with Crippen LogP contribution in [0.5, 0.6) is 0 Å². The molecule has 2 rings (SSSR count). The lowest BCUT2D eigenvalue weighted by Crippen LogP contribution is -2.36. The molecular weight excluding hydrogens is 186 g/mol. The number of aromatic nitrogens is 1. The number of nitrogens with zero attached hydrogens (tertiary/aromatic N) is 1. The van der Waals surface area contributed by atoms with Gasteiger partial charge in [-0.3, -0.25) is 0 Å². The topological polar surface area (TPSA) is 50.9 Å². The molecule has 1 aliphatic rings. The van der Waals surface area contributed by atoms with Crippen molar-refractivity contribution in [3.05, 3.63) is 24.4 Å². The fraction of sp³-hybridized carbons (Fsp3) is 0.583. The van der Waals surface area contributed by atoms with Crippen LogP contribution in [0.3, 0.4) is 0 Å². The van der Waals surface area contributed by atoms with E-state index >= 15 is 0 Å². The van der Waals surface area contributed by atoms with Gasteiger partial charge in [-0.2, -0.15) is 0 Å². The van der Waals surface area contributed by atoms with Crippen molar-refractivity contribution in [1.82, 2.24) is 4.98 Å². The monoisotopic (exact) mass is 205 g/mol. The van der Waals surface area contributed by atoms with Crippen molar-refractivity contribution >= 4 is 5.82 Å². The van der Waals surface area contributed by atoms with Crippen LogP contribution in [0, 0.1) is 5.92 Å². The number of nitrogens with one attached hydrogen (secondary N) is 1. The summed E-state index contributed by atoms with van der Waals surface area (Å²) in [4.78, 5) is 4.29. The lowest BCUT2D eigenvalue weighted by molar-refractivity contribution is 0.332. The second-order valence-corrected chi connectivity index (χ2v) is 4.25. The largest absolute Gasteiger partial charge is 0.367 e. The van der Waals surface area contributed by atoms with Crippen LogP contribution >= 0.6 is 0 Å². The van der Waals surface area contributed by atoms with Crippen molar-refractivity contribution in [2.45, 2.75) is 31.7 Å². The summed E-state index contributed by atoms with van der Waals surface area (Å²) in [5.74, 6) is 1.59. The van der Waals surface area contributed by atoms with E-state index in [4.69, 9.17) is 5.73 Å². The van der Waals surface area contributed by atoms with Crippen LogP contribution < -0.4 is 11.1 Å². The van der Waals surface area contributed by atoms with Crippen LogP contribution in [-0.2, 0) is 0 Å². The third-order valence-corrected chi connectivity index (χ3v) is 3.21. The van der Waals surface area contributed by atoms with Crippen LogP contribution in [-0.4, -0.2) is 17.6 Å². The predicted octanol–water partition coefficient (Wildman–Crippen LogP) is 2.01. The molecule has 15 heavy (non-hydrogen) atoms. The van der Waals surface area contributed by atoms with Gasteiger partial charge in [-0.05, 0) is 37.4 Å². The SMILES string of the molecule is NCC1CCCCC1Nc1ccccn1. The number of anilines is 1. The van der Waals surface area contributed by atoms with Gasteiger partial charge >= 0.3 is 0 Å². The van der Waals surface area contributed by atoms with Gasteiger partial charge in [0, 0.05) is 12.2 Å². The van der Waals surface area contributed by atoms with Gasteiger partial charge in [-0.15, -0.1) is 0 Å². The summed E-state index contributed by atoms with van der Waals surface area (Å²) >= 11 is 0. The Bertz CT molecular complexity index is 286. The van der Waals surface area contributed by atoms with E-state index in [-0.39, 0.29) is 0 Å². The van der Waals surface area contributed by atoms with Gasteiger partial charge in [0.15, 0.2) is 0 Å². The average molecular weight is 205 g/mol. The summed E-state index contributed by atoms with van der Waals surface area (Å²) in [7, 11) is 0. The Morgan fingerprint density at radius 1 is 1.33 bits per heavy atom. The molecule has 0 saturated heterocycles. The molecule has 3 nitrogen and oxygen atoms in total. The van der Waals surface area contributed by atoms with Crippen LogP contribution in [0.4, 0.5) is 5.82 Å². The van der Waals surface area contributed by atoms with E-state index in [0.717, 1.165) is 12.4 Å². The van der Waals surface area contributed by atoms with Gasteiger partial charge in [-0.1, -0.05) is 18.9 Å². The van der Waals surface area contributed by atoms with Crippen molar-refractivity contribution in [2.24, 2.45) is 11.7 Å². The van der Waals surface area contributed by atoms with Crippen LogP contribution in [0.25, 0.3) is 0 Å². The lowest BCUT2D eigenvalue weighted by Gasteiger charge is -2.31. The first-order valence-corrected chi connectivity index (χ1v) is 5.78. The molecule has 2 atom stereocenters. The Labute approximate surface area is 91.1 Å². The first-order chi connectivity index (χ1) is 7.40. The fourth-order valence-corrected chi connectivity index (χ4v) is 2.32. The van der Waals surface area contributed by atoms with Crippen LogP contribution in [0.1, 0.15) is 25.7 Å². The Morgan fingerprint density at radius 3 is 2.93 bits per heavy atom. The van der Waals surface area contributed by atoms with Crippen molar-refractivity contribution in [2.75, 3.05) is 11.9 Å². The Balaban J connectivity index is 1.97. The molecule has 1 saturated carbocycles. The molecule has 82 valence electrons. The molecule has 0 aromatic carbocycles. The molecule has 0 aliphatic heterocycles. The summed E-state index contributed by atoms with van der Waals surface area (Å²) in [6.45, 7) is 0.782. The lowest BCUT2D eigenvalue weighted by atomic mass is 9.84. The molecule has 1 aromatic rings. The van der Waals surface area contributed by atoms with Gasteiger partial charge in [0.1, 0.15) is 5.82 Å². The third kappa shape index (κ3) is 2.69. The molecule has 1 aromatic heterocycles. The summed E-state index contributed by atoms with van der Waals surface area (Å²) < 4.78 is 0. The molecule has 2 unspecified atom stereocenters. The minimum Gasteiger partial charge on any atom is -0.367 e. The number of pyridine rings is 1. The summed E-state index contributed by atoms with van der Waals surface area (Å²) in [6, 6.07) is 6.48. The van der Waals surface area contributed by atoms with Crippen molar-refractivity contribution in [3.63, 3.8) is 0 Å². The van der Waals surface area contributed by atoms with E-state index < -0.39 is 0 Å². The number of hydrogen-bond donors (Lipinski definition) is 2. The molecule has 3 N–H and O–H groups in total. The zero-order valence-electron chi connectivity index (χ0n) is 9.02. The summed E-state index contributed by atoms with van der Waals surface area (Å²) in [5, 5.41) is 3.49. The maximum atomic E-state index is 5.79. The highest BCUT2D eigenvalue weighted by atomic mass is 15.0. The smallest absolute Gasteiger partial charge is 0.126 e. The van der Waals surface area contributed by atoms with E-state index in [1.165, 1.54) is 25.7 Å². The minimum atomic E-state index is 0.513. The molecule has 1 fully saturated rings. The summed E-state index contributed by atoms with van der Waals surface area (Å²) in [5.41, 5.74) is 5.79. The van der Waals surface area contributed by atoms with Gasteiger partial charge in [-0.25, -0.2) is 4.98 Å². The maximum absolute atomic E-state index is 5.79. The molecule has 0 radical (unpaired) electrons. The van der Waals surface area contributed by atoms with Crippen LogP contribution in [0.2, 0.25) is 0 Å². The first-order valence-electron chi connectivity index (χ1n) is 5.78. The molecule has 1 heterocycles. The summed E-state index contributed by atoms with van der Waals surface area (Å²) in [6.07, 6.45) is 6.92. The quantitative estimate of drug-likeness (QED) is 0.793. The zero-order valence-corrected chi connectivity index (χ0v) is 9.02. The van der Waals surface area contributed by atoms with Crippen molar-refractivity contribution < 1.29 is 0 Å². The van der Waals surface area contributed by atoms with Gasteiger partial charge < -0.3 is 11.1 Å². The molecular formula is C12H19N3. The van der Waals surface area contributed by atoms with E-state index in [1.807, 2.05) is 24.4 Å². The van der Waals surface area contributed by atoms with E-state index in [1.54, 1.807) is 0 Å². The fourth-order valence-electron chi connectivity index (χ4n) is 2.32. The Hall–Kier alpha value is -1.09. The van der Waals surface area contributed by atoms with Crippen LogP contribution in [0.15, 0.2) is 24.4 Å². The highest BCUT2D eigenvalue weighted by Gasteiger charge is 2.23. The molecule has 0 spiro atoms. The molecule has 0 bridgehead atoms. The van der Waals surface area contributed by atoms with E-state index in [0.29, 0.717) is 12.0 Å². The van der Waals surface area contributed by atoms with Crippen molar-refractivity contribution in [3.8, 4) is 0 Å². The molecule has 3 heteroatoms. The minimum absolute atomic E-state index is 0.513. The van der Waals surface area contributed by atoms with Gasteiger partial charge in [0.2, 0.25) is 0 Å². The second-order valence-electron chi connectivity index (χ2n) is 4.25. The van der Waals surface area contributed by atoms with E-state index in [9.17, 15) is 0 Å². The third-order valence-electron chi connectivity index (χ3n) is 3.21. The molecule has 1 aliphatic carbocycles. The Morgan fingerprint density at radius 2 is 2.20 bits per heavy atom. The van der Waals surface area contributed by atoms with Crippen molar-refractivity contribution in [1.29, 1.82) is 0 Å².